The van der Waals surface area contributed by atoms with E-state index >= 15 is 0 Å². The first kappa shape index (κ1) is 20.4. The number of carbonyl (C=O) groups excluding carboxylic acids is 2. The number of fused-ring (bicyclic) bond motifs is 1. The summed E-state index contributed by atoms with van der Waals surface area (Å²) in [5.74, 6) is 0.657. The van der Waals surface area contributed by atoms with Gasteiger partial charge in [0.2, 0.25) is 0 Å². The molecule has 0 bridgehead atoms. The first-order chi connectivity index (χ1) is 14.6. The molecule has 0 saturated heterocycles. The van der Waals surface area contributed by atoms with Crippen molar-refractivity contribution in [2.75, 3.05) is 13.7 Å². The topological polar surface area (TPSA) is 68.4 Å². The lowest BCUT2D eigenvalue weighted by molar-refractivity contribution is 0.0518. The summed E-state index contributed by atoms with van der Waals surface area (Å²) in [6.07, 6.45) is 2.49. The van der Waals surface area contributed by atoms with Gasteiger partial charge in [-0.15, -0.1) is 11.3 Å². The van der Waals surface area contributed by atoms with Gasteiger partial charge in [0.05, 0.1) is 13.7 Å². The van der Waals surface area contributed by atoms with Crippen LogP contribution in [0.5, 0.6) is 5.75 Å². The van der Waals surface area contributed by atoms with Crippen molar-refractivity contribution in [3.63, 3.8) is 0 Å². The van der Waals surface area contributed by atoms with Gasteiger partial charge in [-0.05, 0) is 60.9 Å². The molecule has 0 radical (unpaired) electrons. The van der Waals surface area contributed by atoms with Gasteiger partial charge in [-0.1, -0.05) is 18.2 Å². The lowest BCUT2D eigenvalue weighted by Crippen LogP contribution is -2.18. The third-order valence-corrected chi connectivity index (χ3v) is 6.60. The molecule has 1 atom stereocenters. The molecule has 0 fully saturated rings. The summed E-state index contributed by atoms with van der Waals surface area (Å²) in [6.45, 7) is 2.08. The van der Waals surface area contributed by atoms with Crippen LogP contribution in [0.3, 0.4) is 0 Å². The minimum atomic E-state index is -0.395. The SMILES string of the molecule is CCOC(=O)c1[nH]c2c(c1CCc1cccc(OC)c1)C(=O)C[C@H](c1cccs1)C2. The fourth-order valence-electron chi connectivity index (χ4n) is 4.18. The number of ketones is 1. The van der Waals surface area contributed by atoms with Crippen molar-refractivity contribution in [3.05, 3.63) is 74.7 Å². The molecule has 0 saturated carbocycles. The molecule has 4 rings (SSSR count). The van der Waals surface area contributed by atoms with E-state index in [4.69, 9.17) is 9.47 Å². The molecule has 3 aromatic rings. The highest BCUT2D eigenvalue weighted by atomic mass is 32.1. The summed E-state index contributed by atoms with van der Waals surface area (Å²) in [6, 6.07) is 12.0. The molecule has 1 aromatic carbocycles. The number of thiophene rings is 1. The maximum atomic E-state index is 13.1. The van der Waals surface area contributed by atoms with Crippen molar-refractivity contribution in [2.45, 2.75) is 38.5 Å². The lowest BCUT2D eigenvalue weighted by atomic mass is 9.83. The highest BCUT2D eigenvalue weighted by Gasteiger charge is 2.33. The van der Waals surface area contributed by atoms with Crippen LogP contribution in [-0.4, -0.2) is 30.5 Å². The summed E-state index contributed by atoms with van der Waals surface area (Å²) < 4.78 is 10.6. The zero-order chi connectivity index (χ0) is 21.1. The second kappa shape index (κ2) is 8.88. The Kier molecular flexibility index (Phi) is 6.04. The number of esters is 1. The average Bonchev–Trinajstić information content (AvgIpc) is 3.41. The molecule has 2 aromatic heterocycles. The van der Waals surface area contributed by atoms with E-state index in [0.29, 0.717) is 37.1 Å². The lowest BCUT2D eigenvalue weighted by Gasteiger charge is -2.21. The highest BCUT2D eigenvalue weighted by molar-refractivity contribution is 7.10. The number of aromatic amines is 1. The highest BCUT2D eigenvalue weighted by Crippen LogP contribution is 2.37. The van der Waals surface area contributed by atoms with Crippen LogP contribution in [-0.2, 0) is 24.0 Å². The third kappa shape index (κ3) is 4.05. The Balaban J connectivity index is 1.66. The summed E-state index contributed by atoms with van der Waals surface area (Å²) >= 11 is 1.67. The smallest absolute Gasteiger partial charge is 0.355 e. The Morgan fingerprint density at radius 3 is 2.80 bits per heavy atom. The van der Waals surface area contributed by atoms with Crippen molar-refractivity contribution in [3.8, 4) is 5.75 Å². The van der Waals surface area contributed by atoms with Crippen molar-refractivity contribution in [1.82, 2.24) is 4.98 Å². The van der Waals surface area contributed by atoms with Crippen LogP contribution < -0.4 is 4.74 Å². The maximum absolute atomic E-state index is 13.1. The van der Waals surface area contributed by atoms with Crippen molar-refractivity contribution in [2.24, 2.45) is 0 Å². The number of rotatable bonds is 7. The first-order valence-electron chi connectivity index (χ1n) is 10.2. The first-order valence-corrected chi connectivity index (χ1v) is 11.1. The molecular formula is C24H25NO4S. The molecule has 2 heterocycles. The number of Topliss-reactive ketones (excluding diaryl/α,β-unsaturated/α-hetero) is 1. The minimum absolute atomic E-state index is 0.0992. The van der Waals surface area contributed by atoms with E-state index in [2.05, 4.69) is 11.1 Å². The maximum Gasteiger partial charge on any atom is 0.355 e. The molecule has 5 nitrogen and oxygen atoms in total. The Morgan fingerprint density at radius 2 is 2.07 bits per heavy atom. The van der Waals surface area contributed by atoms with Crippen LogP contribution in [0.2, 0.25) is 0 Å². The van der Waals surface area contributed by atoms with Gasteiger partial charge in [0.1, 0.15) is 11.4 Å². The molecule has 0 spiro atoms. The number of benzene rings is 1. The Bertz CT molecular complexity index is 1050. The van der Waals surface area contributed by atoms with Crippen molar-refractivity contribution in [1.29, 1.82) is 0 Å². The number of hydrogen-bond donors (Lipinski definition) is 1. The fourth-order valence-corrected chi connectivity index (χ4v) is 5.01. The molecule has 0 amide bonds. The Labute approximate surface area is 180 Å². The van der Waals surface area contributed by atoms with Gasteiger partial charge in [-0.25, -0.2) is 4.79 Å². The van der Waals surface area contributed by atoms with E-state index in [1.165, 1.54) is 4.88 Å². The van der Waals surface area contributed by atoms with Gasteiger partial charge in [0.15, 0.2) is 5.78 Å². The molecule has 0 unspecified atom stereocenters. The molecule has 1 aliphatic rings. The number of hydrogen-bond acceptors (Lipinski definition) is 5. The van der Waals surface area contributed by atoms with Crippen LogP contribution in [0.1, 0.15) is 61.8 Å². The number of aryl methyl sites for hydroxylation is 1. The van der Waals surface area contributed by atoms with E-state index < -0.39 is 5.97 Å². The second-order valence-electron chi connectivity index (χ2n) is 7.45. The normalized spacial score (nSPS) is 15.7. The van der Waals surface area contributed by atoms with Crippen LogP contribution in [0.25, 0.3) is 0 Å². The number of methoxy groups -OCH3 is 1. The summed E-state index contributed by atoms with van der Waals surface area (Å²) in [7, 11) is 1.64. The van der Waals surface area contributed by atoms with Gasteiger partial charge >= 0.3 is 5.97 Å². The van der Waals surface area contributed by atoms with Gasteiger partial charge in [-0.3, -0.25) is 4.79 Å². The van der Waals surface area contributed by atoms with Crippen LogP contribution in [0.15, 0.2) is 41.8 Å². The van der Waals surface area contributed by atoms with Crippen LogP contribution in [0.4, 0.5) is 0 Å². The standard InChI is InChI=1S/C24H25NO4S/c1-3-29-24(27)23-18(10-9-15-6-4-7-17(12-15)28-2)22-19(25-23)13-16(14-20(22)26)21-8-5-11-30-21/h4-8,11-12,16,25H,3,9-10,13-14H2,1-2H3/t16-/m1/s1. The zero-order valence-electron chi connectivity index (χ0n) is 17.2. The third-order valence-electron chi connectivity index (χ3n) is 5.57. The number of H-pyrrole nitrogens is 1. The van der Waals surface area contributed by atoms with E-state index in [1.807, 2.05) is 35.7 Å². The molecule has 6 heteroatoms. The van der Waals surface area contributed by atoms with Gasteiger partial charge in [0, 0.05) is 28.5 Å². The number of aromatic nitrogens is 1. The Hall–Kier alpha value is -2.86. The summed E-state index contributed by atoms with van der Waals surface area (Å²) in [4.78, 5) is 30.2. The van der Waals surface area contributed by atoms with Gasteiger partial charge in [-0.2, -0.15) is 0 Å². The molecule has 1 aliphatic carbocycles. The fraction of sp³-hybridized carbons (Fsp3) is 0.333. The number of carbonyl (C=O) groups is 2. The van der Waals surface area contributed by atoms with Crippen LogP contribution in [0, 0.1) is 0 Å². The zero-order valence-corrected chi connectivity index (χ0v) is 18.0. The van der Waals surface area contributed by atoms with Crippen LogP contribution >= 0.6 is 11.3 Å². The molecular weight excluding hydrogens is 398 g/mol. The van der Waals surface area contributed by atoms with E-state index in [0.717, 1.165) is 29.0 Å². The predicted octanol–water partition coefficient (Wildman–Crippen LogP) is 4.96. The molecule has 1 N–H and O–H groups in total. The van der Waals surface area contributed by atoms with E-state index in [1.54, 1.807) is 25.4 Å². The van der Waals surface area contributed by atoms with Gasteiger partial charge in [0.25, 0.3) is 0 Å². The van der Waals surface area contributed by atoms with Crippen molar-refractivity contribution < 1.29 is 19.1 Å². The average molecular weight is 424 g/mol. The Morgan fingerprint density at radius 1 is 1.20 bits per heavy atom. The van der Waals surface area contributed by atoms with Crippen molar-refractivity contribution >= 4 is 23.1 Å². The summed E-state index contributed by atoms with van der Waals surface area (Å²) in [5.41, 5.74) is 3.84. The largest absolute Gasteiger partial charge is 0.497 e. The quantitative estimate of drug-likeness (QED) is 0.546. The second-order valence-corrected chi connectivity index (χ2v) is 8.43. The molecule has 156 valence electrons. The van der Waals surface area contributed by atoms with E-state index in [-0.39, 0.29) is 11.7 Å². The minimum Gasteiger partial charge on any atom is -0.497 e. The number of ether oxygens (including phenoxy) is 2. The predicted molar refractivity (Wildman–Crippen MR) is 117 cm³/mol. The molecule has 0 aliphatic heterocycles. The van der Waals surface area contributed by atoms with E-state index in [9.17, 15) is 9.59 Å². The monoisotopic (exact) mass is 423 g/mol. The number of nitrogens with one attached hydrogen (secondary N) is 1. The summed E-state index contributed by atoms with van der Waals surface area (Å²) in [5, 5.41) is 2.04. The van der Waals surface area contributed by atoms with Gasteiger partial charge < -0.3 is 14.5 Å². The molecule has 30 heavy (non-hydrogen) atoms.